The molecule has 0 nitrogen and oxygen atoms in total. The van der Waals surface area contributed by atoms with Gasteiger partial charge in [0.1, 0.15) is 8.07 Å². The molecule has 266 valence electrons. The minimum Gasteiger partial charge on any atom is -0.0623 e. The van der Waals surface area contributed by atoms with E-state index in [0.717, 1.165) is 0 Å². The van der Waals surface area contributed by atoms with E-state index in [9.17, 15) is 0 Å². The van der Waals surface area contributed by atoms with Crippen LogP contribution in [-0.4, -0.2) is 8.07 Å². The first-order valence-corrected chi connectivity index (χ1v) is 22.9. The van der Waals surface area contributed by atoms with Crippen molar-refractivity contribution in [3.05, 3.63) is 181 Å². The summed E-state index contributed by atoms with van der Waals surface area (Å²) in [7, 11) is -1.70. The van der Waals surface area contributed by atoms with Crippen LogP contribution in [0.2, 0.25) is 12.1 Å². The monoisotopic (exact) mass is 730 g/mol. The Kier molecular flexibility index (Phi) is 6.76. The summed E-state index contributed by atoms with van der Waals surface area (Å²) in [5, 5.41) is 11.1. The summed E-state index contributed by atoms with van der Waals surface area (Å²) in [6.45, 7) is 4.75. The van der Waals surface area contributed by atoms with Crippen LogP contribution in [0.15, 0.2) is 170 Å². The Hall–Kier alpha value is -6.02. The van der Waals surface area contributed by atoms with Crippen LogP contribution in [0.3, 0.4) is 0 Å². The summed E-state index contributed by atoms with van der Waals surface area (Å²) in [6.07, 6.45) is 2.73. The predicted octanol–water partition coefficient (Wildman–Crippen LogP) is 13.8. The minimum atomic E-state index is -1.70. The quantitative estimate of drug-likeness (QED) is 0.125. The summed E-state index contributed by atoms with van der Waals surface area (Å²) in [6, 6.07) is 68.2. The number of benzene rings is 9. The highest BCUT2D eigenvalue weighted by molar-refractivity contribution is 7.06. The van der Waals surface area contributed by atoms with E-state index in [0.29, 0.717) is 0 Å². The molecule has 9 aromatic carbocycles. The van der Waals surface area contributed by atoms with E-state index in [-0.39, 0.29) is 5.41 Å². The Balaban J connectivity index is 1.15. The fourth-order valence-corrected chi connectivity index (χ4v) is 17.0. The lowest BCUT2D eigenvalue weighted by Gasteiger charge is -2.24. The van der Waals surface area contributed by atoms with Crippen molar-refractivity contribution >= 4 is 50.8 Å². The molecular formula is C55H42Si. The third kappa shape index (κ3) is 4.41. The lowest BCUT2D eigenvalue weighted by Crippen LogP contribution is -2.52. The maximum absolute atomic E-state index is 2.57. The fourth-order valence-electron chi connectivity index (χ4n) is 11.4. The molecule has 1 heteroatoms. The number of fused-ring (bicyclic) bond motifs is 11. The van der Waals surface area contributed by atoms with E-state index in [4.69, 9.17) is 0 Å². The van der Waals surface area contributed by atoms with Crippen molar-refractivity contribution in [2.75, 3.05) is 0 Å². The van der Waals surface area contributed by atoms with Crippen molar-refractivity contribution in [3.63, 3.8) is 0 Å². The second-order valence-corrected chi connectivity index (χ2v) is 21.4. The Labute approximate surface area is 330 Å². The van der Waals surface area contributed by atoms with Gasteiger partial charge in [0.25, 0.3) is 0 Å². The molecule has 0 aromatic heterocycles. The molecule has 3 aliphatic rings. The van der Waals surface area contributed by atoms with Crippen molar-refractivity contribution in [1.82, 2.24) is 0 Å². The normalized spacial score (nSPS) is 15.7. The fraction of sp³-hybridized carbons (Fsp3) is 0.127. The SMILES string of the molecule is CC1(C)c2ccccc2-c2cc(-c3c4ccccc4c(-c4ccc5c(c4)-c4ccccc4[Si]54CCCC4)c4ccc(-c5ccc6ccccc6c5)cc34)ccc21. The number of hydrogen-bond donors (Lipinski definition) is 0. The topological polar surface area (TPSA) is 0 Å². The van der Waals surface area contributed by atoms with Gasteiger partial charge in [0.15, 0.2) is 0 Å². The molecule has 1 fully saturated rings. The van der Waals surface area contributed by atoms with Crippen molar-refractivity contribution in [3.8, 4) is 55.6 Å². The largest absolute Gasteiger partial charge is 0.119 e. The molecule has 56 heavy (non-hydrogen) atoms. The van der Waals surface area contributed by atoms with Gasteiger partial charge in [0.05, 0.1) is 0 Å². The van der Waals surface area contributed by atoms with Gasteiger partial charge in [-0.25, -0.2) is 0 Å². The van der Waals surface area contributed by atoms with Gasteiger partial charge in [0.2, 0.25) is 0 Å². The summed E-state index contributed by atoms with van der Waals surface area (Å²) in [4.78, 5) is 0. The van der Waals surface area contributed by atoms with Crippen LogP contribution in [0.4, 0.5) is 0 Å². The molecular weight excluding hydrogens is 689 g/mol. The lowest BCUT2D eigenvalue weighted by molar-refractivity contribution is 0.660. The Morgan fingerprint density at radius 3 is 1.75 bits per heavy atom. The van der Waals surface area contributed by atoms with Gasteiger partial charge >= 0.3 is 0 Å². The van der Waals surface area contributed by atoms with Crippen LogP contribution < -0.4 is 10.4 Å². The molecule has 0 unspecified atom stereocenters. The summed E-state index contributed by atoms with van der Waals surface area (Å²) < 4.78 is 0. The van der Waals surface area contributed by atoms with Gasteiger partial charge in [-0.3, -0.25) is 0 Å². The summed E-state index contributed by atoms with van der Waals surface area (Å²) in [5.41, 5.74) is 16.2. The molecule has 0 amide bonds. The van der Waals surface area contributed by atoms with Crippen LogP contribution in [-0.2, 0) is 5.41 Å². The number of hydrogen-bond acceptors (Lipinski definition) is 0. The van der Waals surface area contributed by atoms with Gasteiger partial charge in [-0.2, -0.15) is 0 Å². The summed E-state index contributed by atoms with van der Waals surface area (Å²) in [5.74, 6) is 0. The van der Waals surface area contributed by atoms with E-state index < -0.39 is 8.07 Å². The molecule has 0 radical (unpaired) electrons. The first kappa shape index (κ1) is 32.2. The van der Waals surface area contributed by atoms with E-state index in [1.807, 2.05) is 0 Å². The van der Waals surface area contributed by atoms with Crippen LogP contribution in [0.1, 0.15) is 37.8 Å². The lowest BCUT2D eigenvalue weighted by atomic mass is 9.81. The van der Waals surface area contributed by atoms with E-state index in [2.05, 4.69) is 184 Å². The zero-order valence-corrected chi connectivity index (χ0v) is 33.0. The minimum absolute atomic E-state index is 0.0339. The van der Waals surface area contributed by atoms with Crippen molar-refractivity contribution in [2.45, 2.75) is 44.2 Å². The maximum atomic E-state index is 2.57. The molecule has 2 aliphatic heterocycles. The molecule has 2 heterocycles. The average molecular weight is 731 g/mol. The van der Waals surface area contributed by atoms with E-state index in [1.54, 1.807) is 10.4 Å². The van der Waals surface area contributed by atoms with Crippen LogP contribution in [0.25, 0.3) is 88.0 Å². The molecule has 0 saturated carbocycles. The first-order valence-electron chi connectivity index (χ1n) is 20.5. The number of rotatable bonds is 3. The van der Waals surface area contributed by atoms with Crippen LogP contribution in [0, 0.1) is 0 Å². The highest BCUT2D eigenvalue weighted by Gasteiger charge is 2.47. The second kappa shape index (κ2) is 11.7. The molecule has 0 bridgehead atoms. The van der Waals surface area contributed by atoms with Crippen LogP contribution in [0.5, 0.6) is 0 Å². The molecule has 0 N–H and O–H groups in total. The van der Waals surface area contributed by atoms with Crippen molar-refractivity contribution < 1.29 is 0 Å². The van der Waals surface area contributed by atoms with Gasteiger partial charge < -0.3 is 0 Å². The van der Waals surface area contributed by atoms with Gasteiger partial charge in [-0.05, 0) is 146 Å². The average Bonchev–Trinajstić information content (AvgIpc) is 3.91. The Morgan fingerprint density at radius 1 is 0.375 bits per heavy atom. The third-order valence-electron chi connectivity index (χ3n) is 14.0. The first-order chi connectivity index (χ1) is 27.5. The Morgan fingerprint density at radius 2 is 0.929 bits per heavy atom. The second-order valence-electron chi connectivity index (χ2n) is 17.1. The van der Waals surface area contributed by atoms with Gasteiger partial charge in [-0.15, -0.1) is 0 Å². The van der Waals surface area contributed by atoms with Crippen molar-refractivity contribution in [1.29, 1.82) is 0 Å². The van der Waals surface area contributed by atoms with Gasteiger partial charge in [-0.1, -0.05) is 172 Å². The zero-order chi connectivity index (χ0) is 37.2. The molecule has 9 aromatic rings. The Bertz CT molecular complexity index is 3120. The standard InChI is InChI=1S/C55H42Si/c1-55(2)49-19-9-7-15-41(49)46-33-39(24-27-50(46)55)54-44-18-6-5-17-43(44)53(45-26-23-38(32-48(45)54)37-22-21-35-13-3-4-14-36(35)31-37)40-25-28-52-47(34-40)42-16-8-10-20-51(42)56(52)29-11-12-30-56/h3-10,13-28,31-34H,11-12,29-30H2,1-2H3. The molecule has 0 atom stereocenters. The maximum Gasteiger partial charge on any atom is 0.119 e. The predicted molar refractivity (Wildman–Crippen MR) is 242 cm³/mol. The molecule has 1 saturated heterocycles. The highest BCUT2D eigenvalue weighted by Crippen LogP contribution is 2.52. The molecule has 1 aliphatic carbocycles. The van der Waals surface area contributed by atoms with Crippen molar-refractivity contribution in [2.24, 2.45) is 0 Å². The molecule has 12 rings (SSSR count). The highest BCUT2D eigenvalue weighted by atomic mass is 28.3. The smallest absolute Gasteiger partial charge is 0.0623 e. The zero-order valence-electron chi connectivity index (χ0n) is 32.0. The summed E-state index contributed by atoms with van der Waals surface area (Å²) >= 11 is 0. The van der Waals surface area contributed by atoms with Crippen LogP contribution >= 0.6 is 0 Å². The third-order valence-corrected chi connectivity index (χ3v) is 19.3. The van der Waals surface area contributed by atoms with Gasteiger partial charge in [0, 0.05) is 5.41 Å². The van der Waals surface area contributed by atoms with E-state index >= 15 is 0 Å². The van der Waals surface area contributed by atoms with E-state index in [1.165, 1.54) is 124 Å². The molecule has 1 spiro atoms.